The van der Waals surface area contributed by atoms with E-state index in [4.69, 9.17) is 5.53 Å². The Labute approximate surface area is 77.7 Å². The summed E-state index contributed by atoms with van der Waals surface area (Å²) in [6.45, 7) is 0. The number of aldehydes is 1. The van der Waals surface area contributed by atoms with Crippen LogP contribution in [0.2, 0.25) is 0 Å². The summed E-state index contributed by atoms with van der Waals surface area (Å²) in [4.78, 5) is 22.7. The lowest BCUT2D eigenvalue weighted by Crippen LogP contribution is -1.93. The van der Waals surface area contributed by atoms with Gasteiger partial charge in [-0.25, -0.2) is 0 Å². The zero-order valence-corrected chi connectivity index (χ0v) is 6.82. The lowest BCUT2D eigenvalue weighted by atomic mass is 10.2. The van der Waals surface area contributed by atoms with Crippen molar-refractivity contribution in [2.75, 3.05) is 0 Å². The van der Waals surface area contributed by atoms with E-state index in [1.165, 1.54) is 6.07 Å². The van der Waals surface area contributed by atoms with Crippen molar-refractivity contribution < 1.29 is 9.72 Å². The van der Waals surface area contributed by atoms with Crippen LogP contribution in [0.4, 0.5) is 11.4 Å². The fourth-order valence-electron chi connectivity index (χ4n) is 0.916. The first-order valence-corrected chi connectivity index (χ1v) is 3.47. The minimum atomic E-state index is -0.677. The molecule has 70 valence electrons. The third-order valence-corrected chi connectivity index (χ3v) is 1.49. The first-order valence-electron chi connectivity index (χ1n) is 3.47. The number of rotatable bonds is 3. The molecule has 0 spiro atoms. The van der Waals surface area contributed by atoms with Crippen LogP contribution in [0.3, 0.4) is 0 Å². The molecule has 7 nitrogen and oxygen atoms in total. The highest BCUT2D eigenvalue weighted by Crippen LogP contribution is 2.22. The summed E-state index contributed by atoms with van der Waals surface area (Å²) < 4.78 is 0. The van der Waals surface area contributed by atoms with Gasteiger partial charge in [-0.15, -0.1) is 0 Å². The first-order chi connectivity index (χ1) is 6.69. The van der Waals surface area contributed by atoms with Crippen LogP contribution in [0.5, 0.6) is 0 Å². The van der Waals surface area contributed by atoms with Gasteiger partial charge in [-0.3, -0.25) is 14.9 Å². The van der Waals surface area contributed by atoms with Crippen LogP contribution in [-0.4, -0.2) is 11.2 Å². The summed E-state index contributed by atoms with van der Waals surface area (Å²) in [5.41, 5.74) is 7.85. The Hall–Kier alpha value is -2.40. The van der Waals surface area contributed by atoms with E-state index in [9.17, 15) is 14.9 Å². The van der Waals surface area contributed by atoms with Crippen molar-refractivity contribution in [2.45, 2.75) is 0 Å². The summed E-state index contributed by atoms with van der Waals surface area (Å²) in [6.07, 6.45) is 0.342. The van der Waals surface area contributed by atoms with Crippen LogP contribution >= 0.6 is 0 Å². The molecule has 0 bridgehead atoms. The number of hydrogen-bond acceptors (Lipinski definition) is 4. The molecule has 0 fully saturated rings. The highest BCUT2D eigenvalue weighted by atomic mass is 16.6. The first kappa shape index (κ1) is 9.69. The van der Waals surface area contributed by atoms with Gasteiger partial charge in [0.1, 0.15) is 0 Å². The highest BCUT2D eigenvalue weighted by molar-refractivity contribution is 5.83. The van der Waals surface area contributed by atoms with Crippen molar-refractivity contribution in [1.29, 1.82) is 0 Å². The molecule has 14 heavy (non-hydrogen) atoms. The van der Waals surface area contributed by atoms with E-state index < -0.39 is 4.92 Å². The highest BCUT2D eigenvalue weighted by Gasteiger charge is 2.12. The fraction of sp³-hybridized carbons (Fsp3) is 0. The monoisotopic (exact) mass is 192 g/mol. The molecule has 0 N–H and O–H groups in total. The SMILES string of the molecule is [N-]=[N+]=Nc1ccc([N+](=O)[O-])c(C=O)c1. The summed E-state index contributed by atoms with van der Waals surface area (Å²) in [5, 5.41) is 13.6. The molecular formula is C7H4N4O3. The van der Waals surface area contributed by atoms with E-state index in [2.05, 4.69) is 10.0 Å². The molecule has 0 heterocycles. The predicted molar refractivity (Wildman–Crippen MR) is 47.3 cm³/mol. The van der Waals surface area contributed by atoms with Gasteiger partial charge in [-0.2, -0.15) is 0 Å². The zero-order chi connectivity index (χ0) is 10.6. The molecule has 1 aromatic rings. The van der Waals surface area contributed by atoms with E-state index in [0.717, 1.165) is 12.1 Å². The molecule has 0 aliphatic heterocycles. The Bertz CT molecular complexity index is 437. The van der Waals surface area contributed by atoms with Gasteiger partial charge in [-0.05, 0) is 17.7 Å². The molecule has 0 atom stereocenters. The second-order valence-corrected chi connectivity index (χ2v) is 2.31. The van der Waals surface area contributed by atoms with E-state index in [1.807, 2.05) is 0 Å². The van der Waals surface area contributed by atoms with E-state index in [1.54, 1.807) is 0 Å². The number of benzene rings is 1. The van der Waals surface area contributed by atoms with Crippen molar-refractivity contribution in [1.82, 2.24) is 0 Å². The number of azide groups is 1. The van der Waals surface area contributed by atoms with Gasteiger partial charge in [0.05, 0.1) is 10.5 Å². The van der Waals surface area contributed by atoms with Gasteiger partial charge in [0, 0.05) is 16.7 Å². The molecule has 0 radical (unpaired) electrons. The van der Waals surface area contributed by atoms with Gasteiger partial charge in [-0.1, -0.05) is 5.11 Å². The van der Waals surface area contributed by atoms with Gasteiger partial charge in [0.2, 0.25) is 0 Å². The van der Waals surface area contributed by atoms with Crippen LogP contribution in [0, 0.1) is 10.1 Å². The molecule has 0 unspecified atom stereocenters. The maximum absolute atomic E-state index is 10.4. The third kappa shape index (κ3) is 1.85. The maximum Gasteiger partial charge on any atom is 0.279 e. The number of nitrogens with zero attached hydrogens (tertiary/aromatic N) is 4. The molecule has 1 aromatic carbocycles. The number of carbonyl (C=O) groups excluding carboxylic acids is 1. The topological polar surface area (TPSA) is 109 Å². The molecule has 0 amide bonds. The summed E-state index contributed by atoms with van der Waals surface area (Å²) in [6, 6.07) is 3.55. The number of nitro benzene ring substituents is 1. The minimum Gasteiger partial charge on any atom is -0.298 e. The largest absolute Gasteiger partial charge is 0.298 e. The average molecular weight is 192 g/mol. The normalized spacial score (nSPS) is 8.86. The van der Waals surface area contributed by atoms with E-state index in [-0.39, 0.29) is 16.9 Å². The number of hydrogen-bond donors (Lipinski definition) is 0. The summed E-state index contributed by atoms with van der Waals surface area (Å²) in [7, 11) is 0. The molecular weight excluding hydrogens is 188 g/mol. The lowest BCUT2D eigenvalue weighted by Gasteiger charge is -1.95. The Morgan fingerprint density at radius 1 is 1.57 bits per heavy atom. The molecule has 0 saturated heterocycles. The Morgan fingerprint density at radius 2 is 2.29 bits per heavy atom. The van der Waals surface area contributed by atoms with Crippen molar-refractivity contribution >= 4 is 17.7 Å². The van der Waals surface area contributed by atoms with Gasteiger partial charge >= 0.3 is 0 Å². The van der Waals surface area contributed by atoms with Crippen LogP contribution in [-0.2, 0) is 0 Å². The molecule has 0 aromatic heterocycles. The van der Waals surface area contributed by atoms with Crippen LogP contribution in [0.15, 0.2) is 23.3 Å². The molecule has 0 aliphatic carbocycles. The standard InChI is InChI=1S/C7H4N4O3/c8-10-9-6-1-2-7(11(13)14)5(3-6)4-12/h1-4H. The summed E-state index contributed by atoms with van der Waals surface area (Å²) in [5.74, 6) is 0. The van der Waals surface area contributed by atoms with Crippen LogP contribution in [0.1, 0.15) is 10.4 Å². The van der Waals surface area contributed by atoms with Gasteiger partial charge < -0.3 is 0 Å². The lowest BCUT2D eigenvalue weighted by molar-refractivity contribution is -0.385. The Balaban J connectivity index is 3.31. The zero-order valence-electron chi connectivity index (χ0n) is 6.82. The molecule has 0 saturated carbocycles. The van der Waals surface area contributed by atoms with Gasteiger partial charge in [0.25, 0.3) is 5.69 Å². The van der Waals surface area contributed by atoms with E-state index in [0.29, 0.717) is 6.29 Å². The quantitative estimate of drug-likeness (QED) is 0.183. The minimum absolute atomic E-state index is 0.111. The van der Waals surface area contributed by atoms with Crippen LogP contribution < -0.4 is 0 Å². The predicted octanol–water partition coefficient (Wildman–Crippen LogP) is 2.35. The second-order valence-electron chi connectivity index (χ2n) is 2.31. The Kier molecular flexibility index (Phi) is 2.78. The number of carbonyl (C=O) groups is 1. The molecule has 7 heteroatoms. The number of nitro groups is 1. The van der Waals surface area contributed by atoms with Crippen LogP contribution in [0.25, 0.3) is 10.4 Å². The molecule has 1 rings (SSSR count). The van der Waals surface area contributed by atoms with Crippen molar-refractivity contribution in [3.05, 3.63) is 44.3 Å². The maximum atomic E-state index is 10.4. The second kappa shape index (κ2) is 4.01. The van der Waals surface area contributed by atoms with Crippen molar-refractivity contribution in [3.63, 3.8) is 0 Å². The van der Waals surface area contributed by atoms with Crippen molar-refractivity contribution in [2.24, 2.45) is 5.11 Å². The van der Waals surface area contributed by atoms with E-state index >= 15 is 0 Å². The smallest absolute Gasteiger partial charge is 0.279 e. The third-order valence-electron chi connectivity index (χ3n) is 1.49. The van der Waals surface area contributed by atoms with Gasteiger partial charge in [0.15, 0.2) is 6.29 Å². The Morgan fingerprint density at radius 3 is 2.79 bits per heavy atom. The summed E-state index contributed by atoms with van der Waals surface area (Å²) >= 11 is 0. The fourth-order valence-corrected chi connectivity index (χ4v) is 0.916. The van der Waals surface area contributed by atoms with Crippen molar-refractivity contribution in [3.8, 4) is 0 Å². The molecule has 0 aliphatic rings. The average Bonchev–Trinajstić information content (AvgIpc) is 2.17.